The van der Waals surface area contributed by atoms with Gasteiger partial charge in [0, 0.05) is 77.6 Å². The van der Waals surface area contributed by atoms with E-state index in [9.17, 15) is 14.4 Å². The Morgan fingerprint density at radius 3 is 0.963 bits per heavy atom. The largest absolute Gasteiger partial charge is 0.331 e. The molecule has 4 aliphatic rings. The molecule has 4 atom stereocenters. The summed E-state index contributed by atoms with van der Waals surface area (Å²) in [5.41, 5.74) is 23.6. The number of nitrogens with one attached hydrogen (secondary N) is 1. The number of hydrogen-bond acceptors (Lipinski definition) is 6. The van der Waals surface area contributed by atoms with Crippen molar-refractivity contribution in [2.75, 3.05) is 66.5 Å². The van der Waals surface area contributed by atoms with Crippen LogP contribution in [0.2, 0.25) is 0 Å². The van der Waals surface area contributed by atoms with Crippen LogP contribution in [-0.4, -0.2) is 126 Å². The van der Waals surface area contributed by atoms with E-state index in [1.165, 1.54) is 66.8 Å². The second-order valence-corrected chi connectivity index (χ2v) is 23.5. The smallest absolute Gasteiger partial charge is 0.326 e. The maximum atomic E-state index is 14.8. The van der Waals surface area contributed by atoms with E-state index >= 15 is 0 Å². The molecule has 0 bridgehead atoms. The van der Waals surface area contributed by atoms with Crippen LogP contribution in [0.1, 0.15) is 135 Å². The number of rotatable bonds is 6. The standard InChI is InChI=1S/C36H45N5O2.C33H40N4O/c1-22-10-14-29(15-11-22)32-33(30-16-12-23(2)13-17-30)41(36(43)40-20-18-39(19-21-40)35(42)38(8)9)34(37-32)31-27(6)25(4)24(3)26(5)28(31)7;1-20-8-12-27(13-9-20)30-31(28-14-10-21(2)11-15-28)37(33(38)36-18-16-34-17-19-36)32(35-30)29-25(6)23(4)22(3)24(5)26(29)7/h10-17,32-33H,18-21H2,1-9H3;8-15,30-31,34H,16-19H2,1-7H3/t32-,33+;30-,31+/m11/s1. The summed E-state index contributed by atoms with van der Waals surface area (Å²) in [5, 5.41) is 3.39. The van der Waals surface area contributed by atoms with Gasteiger partial charge in [-0.15, -0.1) is 0 Å². The Labute approximate surface area is 482 Å². The lowest BCUT2D eigenvalue weighted by molar-refractivity contribution is 0.116. The average Bonchev–Trinajstić information content (AvgIpc) is 4.10. The van der Waals surface area contributed by atoms with E-state index in [2.05, 4.69) is 199 Å². The first-order valence-electron chi connectivity index (χ1n) is 29.0. The number of urea groups is 3. The van der Waals surface area contributed by atoms with E-state index in [-0.39, 0.29) is 42.3 Å². The number of carbonyl (C=O) groups is 3. The van der Waals surface area contributed by atoms with E-state index in [4.69, 9.17) is 9.98 Å². The zero-order valence-corrected chi connectivity index (χ0v) is 51.0. The molecule has 12 nitrogen and oxygen atoms in total. The third kappa shape index (κ3) is 11.3. The Hall–Kier alpha value is -7.57. The molecule has 2 saturated heterocycles. The van der Waals surface area contributed by atoms with Gasteiger partial charge in [0.25, 0.3) is 0 Å². The van der Waals surface area contributed by atoms with Gasteiger partial charge in [0.05, 0.1) is 12.1 Å². The predicted molar refractivity (Wildman–Crippen MR) is 330 cm³/mol. The highest BCUT2D eigenvalue weighted by atomic mass is 16.2. The molecule has 12 heteroatoms. The first-order valence-corrected chi connectivity index (χ1v) is 29.0. The number of aryl methyl sites for hydroxylation is 4. The molecule has 6 aromatic rings. The number of piperazine rings is 2. The summed E-state index contributed by atoms with van der Waals surface area (Å²) in [6, 6.07) is 33.3. The summed E-state index contributed by atoms with van der Waals surface area (Å²) in [7, 11) is 3.53. The van der Waals surface area contributed by atoms with Crippen molar-refractivity contribution in [2.45, 2.75) is 121 Å². The Bertz CT molecular complexity index is 3340. The van der Waals surface area contributed by atoms with Crippen LogP contribution in [0.5, 0.6) is 0 Å². The van der Waals surface area contributed by atoms with Crippen molar-refractivity contribution in [3.63, 3.8) is 0 Å². The Morgan fingerprint density at radius 2 is 0.654 bits per heavy atom. The Balaban J connectivity index is 0.000000197. The van der Waals surface area contributed by atoms with E-state index < -0.39 is 0 Å². The van der Waals surface area contributed by atoms with Crippen molar-refractivity contribution >= 4 is 29.8 Å². The maximum Gasteiger partial charge on any atom is 0.326 e. The molecule has 0 spiro atoms. The van der Waals surface area contributed by atoms with Crippen molar-refractivity contribution in [1.29, 1.82) is 0 Å². The zero-order chi connectivity index (χ0) is 58.3. The second kappa shape index (κ2) is 23.9. The molecular formula is C69H85N9O3. The van der Waals surface area contributed by atoms with Gasteiger partial charge in [0.15, 0.2) is 0 Å². The molecule has 10 rings (SSSR count). The van der Waals surface area contributed by atoms with Crippen LogP contribution in [0.25, 0.3) is 0 Å². The Morgan fingerprint density at radius 1 is 0.383 bits per heavy atom. The van der Waals surface area contributed by atoms with E-state index in [1.807, 2.05) is 24.5 Å². The normalized spacial score (nSPS) is 19.1. The fourth-order valence-electron chi connectivity index (χ4n) is 12.3. The molecule has 0 unspecified atom stereocenters. The molecule has 6 amide bonds. The molecular weight excluding hydrogens is 1000 g/mol. The number of benzene rings is 6. The lowest BCUT2D eigenvalue weighted by Gasteiger charge is -2.40. The topological polar surface area (TPSA) is 107 Å². The van der Waals surface area contributed by atoms with Gasteiger partial charge in [-0.2, -0.15) is 0 Å². The van der Waals surface area contributed by atoms with Gasteiger partial charge in [-0.3, -0.25) is 19.8 Å². The fourth-order valence-corrected chi connectivity index (χ4v) is 12.3. The number of aliphatic imine (C=N–C) groups is 2. The van der Waals surface area contributed by atoms with Crippen molar-refractivity contribution < 1.29 is 14.4 Å². The predicted octanol–water partition coefficient (Wildman–Crippen LogP) is 13.2. The fraction of sp³-hybridized carbons (Fsp3) is 0.406. The highest BCUT2D eigenvalue weighted by Crippen LogP contribution is 2.48. The number of carbonyl (C=O) groups excluding carboxylic acids is 3. The van der Waals surface area contributed by atoms with Gasteiger partial charge in [-0.05, 0) is 175 Å². The molecule has 424 valence electrons. The van der Waals surface area contributed by atoms with Crippen LogP contribution >= 0.6 is 0 Å². The third-order valence-corrected chi connectivity index (χ3v) is 18.3. The minimum Gasteiger partial charge on any atom is -0.331 e. The first kappa shape index (κ1) is 58.1. The van der Waals surface area contributed by atoms with E-state index in [1.54, 1.807) is 19.0 Å². The molecule has 4 heterocycles. The number of nitrogens with zero attached hydrogens (tertiary/aromatic N) is 8. The Kier molecular flexibility index (Phi) is 17.1. The second-order valence-electron chi connectivity index (χ2n) is 23.5. The minimum absolute atomic E-state index is 0.0238. The third-order valence-electron chi connectivity index (χ3n) is 18.3. The molecule has 0 aliphatic carbocycles. The summed E-state index contributed by atoms with van der Waals surface area (Å²) in [6.07, 6.45) is 0. The zero-order valence-electron chi connectivity index (χ0n) is 51.0. The van der Waals surface area contributed by atoms with Gasteiger partial charge >= 0.3 is 18.1 Å². The molecule has 1 N–H and O–H groups in total. The SMILES string of the molecule is Cc1ccc([C@H]2N=C(c3c(C)c(C)c(C)c(C)c3C)N(C(=O)N3CCN(C(=O)N(C)C)CC3)[C@H]2c2ccc(C)cc2)cc1.Cc1ccc([C@H]2N=C(c3c(C)c(C)c(C)c(C)c3C)N(C(=O)N3CCNCC3)[C@H]2c2ccc(C)cc2)cc1. The summed E-state index contributed by atoms with van der Waals surface area (Å²) in [6.45, 7) is 35.1. The average molecular weight is 1090 g/mol. The molecule has 0 saturated carbocycles. The number of hydrogen-bond donors (Lipinski definition) is 1. The van der Waals surface area contributed by atoms with E-state index in [0.717, 1.165) is 69.3 Å². The van der Waals surface area contributed by atoms with Crippen LogP contribution in [0.4, 0.5) is 14.4 Å². The van der Waals surface area contributed by atoms with Crippen LogP contribution in [0, 0.1) is 96.9 Å². The quantitative estimate of drug-likeness (QED) is 0.179. The number of amidine groups is 2. The summed E-state index contributed by atoms with van der Waals surface area (Å²) in [4.78, 5) is 64.1. The van der Waals surface area contributed by atoms with Crippen LogP contribution < -0.4 is 5.32 Å². The van der Waals surface area contributed by atoms with Crippen molar-refractivity contribution in [2.24, 2.45) is 9.98 Å². The number of amides is 6. The molecule has 4 aliphatic heterocycles. The van der Waals surface area contributed by atoms with Crippen molar-refractivity contribution in [3.8, 4) is 0 Å². The summed E-state index contributed by atoms with van der Waals surface area (Å²) >= 11 is 0. The highest BCUT2D eigenvalue weighted by molar-refractivity contribution is 6.12. The van der Waals surface area contributed by atoms with E-state index in [0.29, 0.717) is 39.3 Å². The molecule has 0 aromatic heterocycles. The lowest BCUT2D eigenvalue weighted by atomic mass is 9.88. The van der Waals surface area contributed by atoms with Crippen LogP contribution in [0.15, 0.2) is 107 Å². The molecule has 2 fully saturated rings. The van der Waals surface area contributed by atoms with Crippen molar-refractivity contribution in [1.82, 2.24) is 34.7 Å². The molecule has 81 heavy (non-hydrogen) atoms. The maximum absolute atomic E-state index is 14.8. The lowest BCUT2D eigenvalue weighted by Crippen LogP contribution is -2.56. The van der Waals surface area contributed by atoms with Gasteiger partial charge < -0.3 is 24.9 Å². The molecule has 0 radical (unpaired) electrons. The van der Waals surface area contributed by atoms with Gasteiger partial charge in [-0.25, -0.2) is 14.4 Å². The highest BCUT2D eigenvalue weighted by Gasteiger charge is 2.47. The molecule has 6 aromatic carbocycles. The van der Waals surface area contributed by atoms with Gasteiger partial charge in [0.2, 0.25) is 0 Å². The summed E-state index contributed by atoms with van der Waals surface area (Å²) < 4.78 is 0. The van der Waals surface area contributed by atoms with Crippen LogP contribution in [-0.2, 0) is 0 Å². The van der Waals surface area contributed by atoms with Gasteiger partial charge in [0.1, 0.15) is 23.8 Å². The van der Waals surface area contributed by atoms with Crippen LogP contribution in [0.3, 0.4) is 0 Å². The van der Waals surface area contributed by atoms with Gasteiger partial charge in [-0.1, -0.05) is 119 Å². The minimum atomic E-state index is -0.312. The summed E-state index contributed by atoms with van der Waals surface area (Å²) in [5.74, 6) is 1.53. The first-order chi connectivity index (χ1) is 38.6. The monoisotopic (exact) mass is 1090 g/mol. The van der Waals surface area contributed by atoms with Crippen molar-refractivity contribution in [3.05, 3.63) is 208 Å².